The third-order valence-electron chi connectivity index (χ3n) is 7.39. The lowest BCUT2D eigenvalue weighted by Crippen LogP contribution is -2.29. The number of carbonyl (C=O) groups excluding carboxylic acids is 2. The average molecular weight is 608 g/mol. The smallest absolute Gasteiger partial charge is 0.301 e. The van der Waals surface area contributed by atoms with Gasteiger partial charge in [0.05, 0.1) is 17.3 Å². The van der Waals surface area contributed by atoms with E-state index in [9.17, 15) is 19.1 Å². The predicted molar refractivity (Wildman–Crippen MR) is 165 cm³/mol. The van der Waals surface area contributed by atoms with Crippen molar-refractivity contribution in [3.8, 4) is 0 Å². The highest BCUT2D eigenvalue weighted by Gasteiger charge is 2.48. The van der Waals surface area contributed by atoms with Crippen LogP contribution in [0.3, 0.4) is 0 Å². The molecule has 1 saturated heterocycles. The number of halogens is 1. The number of nitrogens with zero attached hydrogens (tertiary/aromatic N) is 5. The first-order valence-electron chi connectivity index (χ1n) is 13.3. The number of benzene rings is 3. The van der Waals surface area contributed by atoms with E-state index in [1.807, 2.05) is 24.3 Å². The Hall–Kier alpha value is -4.87. The number of aliphatic hydroxyl groups is 1. The fourth-order valence-corrected chi connectivity index (χ4v) is 7.30. The van der Waals surface area contributed by atoms with Gasteiger partial charge >= 0.3 is 5.91 Å². The zero-order valence-corrected chi connectivity index (χ0v) is 24.3. The fraction of sp³-hybridized carbons (Fsp3) is 0.0938. The number of thioether (sulfide) groups is 1. The van der Waals surface area contributed by atoms with Gasteiger partial charge in [0.25, 0.3) is 5.78 Å². The van der Waals surface area contributed by atoms with E-state index < -0.39 is 23.5 Å². The number of anilines is 1. The van der Waals surface area contributed by atoms with Gasteiger partial charge in [-0.1, -0.05) is 83.8 Å². The van der Waals surface area contributed by atoms with E-state index in [1.54, 1.807) is 29.7 Å². The number of aliphatic hydroxyl groups excluding tert-OH is 1. The molecule has 8 nitrogen and oxygen atoms in total. The van der Waals surface area contributed by atoms with Crippen LogP contribution in [-0.2, 0) is 15.3 Å². The summed E-state index contributed by atoms with van der Waals surface area (Å²) in [5, 5.41) is 22.7. The van der Waals surface area contributed by atoms with Gasteiger partial charge in [-0.2, -0.15) is 0 Å². The Morgan fingerprint density at radius 1 is 0.977 bits per heavy atom. The number of fused-ring (bicyclic) bond motifs is 2. The van der Waals surface area contributed by atoms with E-state index >= 15 is 0 Å². The summed E-state index contributed by atoms with van der Waals surface area (Å²) in [4.78, 5) is 32.9. The van der Waals surface area contributed by atoms with Crippen LogP contribution in [0.15, 0.2) is 101 Å². The molecule has 3 aromatic carbocycles. The number of aromatic nitrogens is 4. The van der Waals surface area contributed by atoms with Gasteiger partial charge in [-0.25, -0.2) is 9.37 Å². The zero-order valence-electron chi connectivity index (χ0n) is 22.6. The van der Waals surface area contributed by atoms with Crippen molar-refractivity contribution in [1.82, 2.24) is 19.6 Å². The molecule has 1 atom stereocenters. The van der Waals surface area contributed by atoms with Crippen LogP contribution < -0.4 is 4.90 Å². The molecule has 0 bridgehead atoms. The normalized spacial score (nSPS) is 16.5. The summed E-state index contributed by atoms with van der Waals surface area (Å²) in [5.74, 6) is -1.95. The second kappa shape index (κ2) is 10.8. The van der Waals surface area contributed by atoms with E-state index in [0.717, 1.165) is 16.3 Å². The van der Waals surface area contributed by atoms with Crippen LogP contribution in [0.1, 0.15) is 28.6 Å². The molecule has 0 spiro atoms. The van der Waals surface area contributed by atoms with Gasteiger partial charge in [-0.15, -0.1) is 10.2 Å². The average Bonchev–Trinajstić information content (AvgIpc) is 3.69. The fourth-order valence-electron chi connectivity index (χ4n) is 5.43. The number of amides is 1. The Morgan fingerprint density at radius 3 is 2.58 bits per heavy atom. The van der Waals surface area contributed by atoms with E-state index in [0.29, 0.717) is 32.7 Å². The van der Waals surface area contributed by atoms with Crippen molar-refractivity contribution in [3.05, 3.63) is 125 Å². The molecule has 43 heavy (non-hydrogen) atoms. The van der Waals surface area contributed by atoms with E-state index in [-0.39, 0.29) is 16.5 Å². The minimum Gasteiger partial charge on any atom is -0.505 e. The summed E-state index contributed by atoms with van der Waals surface area (Å²) < 4.78 is 16.2. The van der Waals surface area contributed by atoms with E-state index in [4.69, 9.17) is 0 Å². The van der Waals surface area contributed by atoms with Gasteiger partial charge in [0.2, 0.25) is 5.13 Å². The molecular formula is C32H22FN5O3S2. The van der Waals surface area contributed by atoms with Crippen LogP contribution in [0.25, 0.3) is 22.2 Å². The highest BCUT2D eigenvalue weighted by atomic mass is 32.2. The summed E-state index contributed by atoms with van der Waals surface area (Å²) in [6.07, 6.45) is 1.72. The molecule has 3 aromatic heterocycles. The Balaban J connectivity index is 1.29. The molecule has 6 aromatic rings. The monoisotopic (exact) mass is 607 g/mol. The second-order valence-electron chi connectivity index (χ2n) is 9.97. The highest BCUT2D eigenvalue weighted by Crippen LogP contribution is 2.44. The third kappa shape index (κ3) is 4.66. The number of hydrogen-bond acceptors (Lipinski definition) is 8. The molecule has 1 amide bonds. The van der Waals surface area contributed by atoms with Crippen LogP contribution in [0.2, 0.25) is 0 Å². The molecule has 11 heteroatoms. The molecule has 1 aliphatic rings. The lowest BCUT2D eigenvalue weighted by molar-refractivity contribution is -0.132. The maximum Gasteiger partial charge on any atom is 0.301 e. The van der Waals surface area contributed by atoms with Crippen LogP contribution >= 0.6 is 23.1 Å². The molecule has 0 aliphatic carbocycles. The SMILES string of the molecule is Cc1nc2ccccn2c1/C(O)=C1\C(=O)C(=O)N(c2nnc(SCc3cccc4ccccc34)s2)C1c1ccc(F)cc1. The van der Waals surface area contributed by atoms with Gasteiger partial charge in [0.15, 0.2) is 10.1 Å². The van der Waals surface area contributed by atoms with Gasteiger partial charge in [0, 0.05) is 11.9 Å². The number of hydrogen-bond donors (Lipinski definition) is 1. The lowest BCUT2D eigenvalue weighted by atomic mass is 9.96. The van der Waals surface area contributed by atoms with Gasteiger partial charge in [0.1, 0.15) is 17.2 Å². The number of Topliss-reactive ketones (excluding diaryl/α,β-unsaturated/α-hetero) is 1. The number of pyridine rings is 1. The summed E-state index contributed by atoms with van der Waals surface area (Å²) in [7, 11) is 0. The number of imidazole rings is 1. The number of carbonyl (C=O) groups is 2. The molecule has 4 heterocycles. The Kier molecular flexibility index (Phi) is 6.75. The molecule has 1 aliphatic heterocycles. The topological polar surface area (TPSA) is 101 Å². The summed E-state index contributed by atoms with van der Waals surface area (Å²) in [6, 6.07) is 24.1. The first kappa shape index (κ1) is 27.0. The van der Waals surface area contributed by atoms with Crippen molar-refractivity contribution < 1.29 is 19.1 Å². The Morgan fingerprint density at radius 2 is 1.74 bits per heavy atom. The van der Waals surface area contributed by atoms with E-state index in [2.05, 4.69) is 39.4 Å². The second-order valence-corrected chi connectivity index (χ2v) is 12.2. The van der Waals surface area contributed by atoms with Crippen molar-refractivity contribution in [2.45, 2.75) is 23.1 Å². The minimum atomic E-state index is -1.06. The van der Waals surface area contributed by atoms with Gasteiger partial charge < -0.3 is 5.11 Å². The number of rotatable bonds is 6. The van der Waals surface area contributed by atoms with Gasteiger partial charge in [-0.3, -0.25) is 18.9 Å². The third-order valence-corrected chi connectivity index (χ3v) is 9.50. The number of ketones is 1. The maximum atomic E-state index is 13.9. The summed E-state index contributed by atoms with van der Waals surface area (Å²) in [5.41, 5.74) is 2.79. The van der Waals surface area contributed by atoms with Crippen LogP contribution in [0, 0.1) is 12.7 Å². The number of aryl methyl sites for hydroxylation is 1. The molecule has 1 fully saturated rings. The van der Waals surface area contributed by atoms with Crippen molar-refractivity contribution >= 4 is 62.1 Å². The van der Waals surface area contributed by atoms with Crippen molar-refractivity contribution in [3.63, 3.8) is 0 Å². The quantitative estimate of drug-likeness (QED) is 0.0739. The molecule has 0 radical (unpaired) electrons. The van der Waals surface area contributed by atoms with E-state index in [1.165, 1.54) is 52.3 Å². The van der Waals surface area contributed by atoms with Crippen molar-refractivity contribution in [1.29, 1.82) is 0 Å². The minimum absolute atomic E-state index is 0.134. The first-order chi connectivity index (χ1) is 20.9. The lowest BCUT2D eigenvalue weighted by Gasteiger charge is -2.22. The molecule has 7 rings (SSSR count). The Bertz CT molecular complexity index is 2080. The maximum absolute atomic E-state index is 13.9. The predicted octanol–water partition coefficient (Wildman–Crippen LogP) is 6.71. The van der Waals surface area contributed by atoms with Crippen molar-refractivity contribution in [2.75, 3.05) is 4.90 Å². The summed E-state index contributed by atoms with van der Waals surface area (Å²) >= 11 is 2.65. The van der Waals surface area contributed by atoms with Gasteiger partial charge in [-0.05, 0) is 53.1 Å². The molecule has 1 unspecified atom stereocenters. The first-order valence-corrected chi connectivity index (χ1v) is 15.1. The molecular weight excluding hydrogens is 586 g/mol. The van der Waals surface area contributed by atoms with Crippen molar-refractivity contribution in [2.24, 2.45) is 0 Å². The van der Waals surface area contributed by atoms with Crippen LogP contribution in [0.4, 0.5) is 9.52 Å². The molecule has 212 valence electrons. The summed E-state index contributed by atoms with van der Waals surface area (Å²) in [6.45, 7) is 1.72. The van der Waals surface area contributed by atoms with Crippen LogP contribution in [-0.4, -0.2) is 36.4 Å². The standard InChI is InChI=1S/C32H22FN5O3S2/c1-18-26(37-16-5-4-11-24(37)34-18)28(39)25-27(20-12-14-22(33)15-13-20)38(30(41)29(25)40)31-35-36-32(43-31)42-17-21-9-6-8-19-7-2-3-10-23(19)21/h2-16,27,39H,17H2,1H3/b28-25+. The molecule has 1 N–H and O–H groups in total. The zero-order chi connectivity index (χ0) is 29.7. The largest absolute Gasteiger partial charge is 0.505 e. The molecule has 0 saturated carbocycles. The Labute approximate surface area is 253 Å². The highest BCUT2D eigenvalue weighted by molar-refractivity contribution is 8.00. The van der Waals surface area contributed by atoms with Crippen LogP contribution in [0.5, 0.6) is 0 Å².